The minimum Gasteiger partial charge on any atom is -0.309 e. The van der Waals surface area contributed by atoms with E-state index in [1.165, 1.54) is 11.8 Å². The molecule has 126 valence electrons. The SMILES string of the molecule is Cc1cc(C)n2nc(SC(C)c3nc4ccccc4c(=O)[nH]3)nc2n1. The Kier molecular flexibility index (Phi) is 3.76. The summed E-state index contributed by atoms with van der Waals surface area (Å²) >= 11 is 1.44. The smallest absolute Gasteiger partial charge is 0.258 e. The maximum atomic E-state index is 12.2. The highest BCUT2D eigenvalue weighted by Crippen LogP contribution is 2.31. The molecule has 1 atom stereocenters. The molecule has 0 aliphatic heterocycles. The second kappa shape index (κ2) is 5.96. The van der Waals surface area contributed by atoms with Crippen LogP contribution >= 0.6 is 11.8 Å². The van der Waals surface area contributed by atoms with E-state index in [1.54, 1.807) is 10.6 Å². The summed E-state index contributed by atoms with van der Waals surface area (Å²) in [6.07, 6.45) is 0. The minimum absolute atomic E-state index is 0.101. The predicted molar refractivity (Wildman–Crippen MR) is 96.9 cm³/mol. The second-order valence-corrected chi connectivity index (χ2v) is 7.18. The van der Waals surface area contributed by atoms with Crippen molar-refractivity contribution in [3.8, 4) is 0 Å². The van der Waals surface area contributed by atoms with Crippen LogP contribution in [0.3, 0.4) is 0 Å². The first-order valence-electron chi connectivity index (χ1n) is 7.88. The molecule has 4 aromatic rings. The molecule has 7 nitrogen and oxygen atoms in total. The molecule has 4 rings (SSSR count). The number of aromatic amines is 1. The average Bonchev–Trinajstić information content (AvgIpc) is 2.97. The van der Waals surface area contributed by atoms with Crippen molar-refractivity contribution in [3.63, 3.8) is 0 Å². The highest BCUT2D eigenvalue weighted by atomic mass is 32.2. The van der Waals surface area contributed by atoms with Gasteiger partial charge in [-0.05, 0) is 39.0 Å². The fourth-order valence-corrected chi connectivity index (χ4v) is 3.51. The zero-order valence-electron chi connectivity index (χ0n) is 14.0. The van der Waals surface area contributed by atoms with Crippen LogP contribution < -0.4 is 5.56 Å². The Morgan fingerprint density at radius 3 is 2.80 bits per heavy atom. The standard InChI is InChI=1S/C17H16N6OS/c1-9-8-10(2)23-16(18-9)21-17(22-23)25-11(3)14-19-13-7-5-4-6-12(13)15(24)20-14/h4-8,11H,1-3H3,(H,19,20,24). The summed E-state index contributed by atoms with van der Waals surface area (Å²) in [6.45, 7) is 5.87. The third-order valence-electron chi connectivity index (χ3n) is 3.90. The molecule has 0 amide bonds. The number of para-hydroxylation sites is 1. The van der Waals surface area contributed by atoms with Gasteiger partial charge in [-0.25, -0.2) is 14.5 Å². The summed E-state index contributed by atoms with van der Waals surface area (Å²) < 4.78 is 1.72. The maximum Gasteiger partial charge on any atom is 0.258 e. The van der Waals surface area contributed by atoms with Crippen LogP contribution in [0.15, 0.2) is 40.3 Å². The first kappa shape index (κ1) is 15.8. The lowest BCUT2D eigenvalue weighted by Gasteiger charge is -2.08. The van der Waals surface area contributed by atoms with Crippen molar-refractivity contribution in [3.05, 3.63) is 57.9 Å². The molecule has 1 aromatic carbocycles. The van der Waals surface area contributed by atoms with Gasteiger partial charge < -0.3 is 4.98 Å². The molecule has 0 radical (unpaired) electrons. The topological polar surface area (TPSA) is 88.8 Å². The van der Waals surface area contributed by atoms with Crippen molar-refractivity contribution >= 4 is 28.4 Å². The molecule has 3 heterocycles. The first-order valence-corrected chi connectivity index (χ1v) is 8.76. The molecule has 0 saturated heterocycles. The van der Waals surface area contributed by atoms with Crippen molar-refractivity contribution < 1.29 is 0 Å². The summed E-state index contributed by atoms with van der Waals surface area (Å²) in [6, 6.07) is 9.27. The van der Waals surface area contributed by atoms with Crippen LogP contribution in [0.4, 0.5) is 0 Å². The molecule has 0 fully saturated rings. The Morgan fingerprint density at radius 1 is 1.16 bits per heavy atom. The van der Waals surface area contributed by atoms with E-state index in [9.17, 15) is 4.79 Å². The minimum atomic E-state index is -0.135. The molecule has 25 heavy (non-hydrogen) atoms. The van der Waals surface area contributed by atoms with E-state index in [0.717, 1.165) is 11.4 Å². The van der Waals surface area contributed by atoms with E-state index >= 15 is 0 Å². The summed E-state index contributed by atoms with van der Waals surface area (Å²) in [5.41, 5.74) is 2.43. The number of aromatic nitrogens is 6. The maximum absolute atomic E-state index is 12.2. The van der Waals surface area contributed by atoms with E-state index in [-0.39, 0.29) is 10.8 Å². The Morgan fingerprint density at radius 2 is 1.96 bits per heavy atom. The van der Waals surface area contributed by atoms with Gasteiger partial charge in [0.25, 0.3) is 11.3 Å². The fraction of sp³-hybridized carbons (Fsp3) is 0.235. The number of fused-ring (bicyclic) bond motifs is 2. The van der Waals surface area contributed by atoms with E-state index < -0.39 is 0 Å². The van der Waals surface area contributed by atoms with Crippen LogP contribution in [-0.2, 0) is 0 Å². The summed E-state index contributed by atoms with van der Waals surface area (Å²) in [5.74, 6) is 1.18. The quantitative estimate of drug-likeness (QED) is 0.570. The lowest BCUT2D eigenvalue weighted by molar-refractivity contribution is 0.837. The van der Waals surface area contributed by atoms with Crippen LogP contribution in [0.5, 0.6) is 0 Å². The van der Waals surface area contributed by atoms with Gasteiger partial charge in [-0.15, -0.1) is 5.10 Å². The van der Waals surface area contributed by atoms with Gasteiger partial charge in [-0.2, -0.15) is 4.98 Å². The predicted octanol–water partition coefficient (Wildman–Crippen LogP) is 2.83. The van der Waals surface area contributed by atoms with Crippen molar-refractivity contribution in [2.75, 3.05) is 0 Å². The van der Waals surface area contributed by atoms with Crippen molar-refractivity contribution in [2.24, 2.45) is 0 Å². The molecule has 3 aromatic heterocycles. The number of benzene rings is 1. The molecular weight excluding hydrogens is 336 g/mol. The summed E-state index contributed by atoms with van der Waals surface area (Å²) in [7, 11) is 0. The van der Waals surface area contributed by atoms with Crippen LogP contribution in [0, 0.1) is 13.8 Å². The van der Waals surface area contributed by atoms with Gasteiger partial charge >= 0.3 is 0 Å². The molecule has 8 heteroatoms. The zero-order valence-corrected chi connectivity index (χ0v) is 14.8. The highest BCUT2D eigenvalue weighted by molar-refractivity contribution is 7.99. The van der Waals surface area contributed by atoms with Crippen molar-refractivity contribution in [1.29, 1.82) is 0 Å². The van der Waals surface area contributed by atoms with Crippen LogP contribution in [0.2, 0.25) is 0 Å². The summed E-state index contributed by atoms with van der Waals surface area (Å²) in [4.78, 5) is 28.5. The molecule has 0 bridgehead atoms. The van der Waals surface area contributed by atoms with Gasteiger partial charge in [-0.1, -0.05) is 23.9 Å². The lowest BCUT2D eigenvalue weighted by atomic mass is 10.2. The van der Waals surface area contributed by atoms with Gasteiger partial charge in [0.1, 0.15) is 5.82 Å². The number of H-pyrrole nitrogens is 1. The van der Waals surface area contributed by atoms with Gasteiger partial charge in [0.2, 0.25) is 5.16 Å². The van der Waals surface area contributed by atoms with Gasteiger partial charge in [-0.3, -0.25) is 4.79 Å². The molecule has 0 spiro atoms. The molecule has 0 saturated carbocycles. The third kappa shape index (κ3) is 2.89. The normalized spacial score (nSPS) is 12.8. The van der Waals surface area contributed by atoms with E-state index in [0.29, 0.717) is 27.7 Å². The fourth-order valence-electron chi connectivity index (χ4n) is 2.71. The van der Waals surface area contributed by atoms with Crippen LogP contribution in [-0.4, -0.2) is 29.5 Å². The van der Waals surface area contributed by atoms with Gasteiger partial charge in [0, 0.05) is 11.4 Å². The first-order chi connectivity index (χ1) is 12.0. The molecule has 0 aliphatic carbocycles. The molecular formula is C17H16N6OS. The molecule has 0 aliphatic rings. The number of thioether (sulfide) groups is 1. The monoisotopic (exact) mass is 352 g/mol. The largest absolute Gasteiger partial charge is 0.309 e. The Bertz CT molecular complexity index is 1150. The van der Waals surface area contributed by atoms with E-state index in [2.05, 4.69) is 25.0 Å². The van der Waals surface area contributed by atoms with Crippen LogP contribution in [0.1, 0.15) is 29.4 Å². The Balaban J connectivity index is 1.69. The lowest BCUT2D eigenvalue weighted by Crippen LogP contribution is -2.12. The Hall–Kier alpha value is -2.74. The number of hydrogen-bond acceptors (Lipinski definition) is 6. The number of nitrogens with zero attached hydrogens (tertiary/aromatic N) is 5. The molecule has 1 N–H and O–H groups in total. The Labute approximate surface area is 147 Å². The number of rotatable bonds is 3. The average molecular weight is 352 g/mol. The molecule has 1 unspecified atom stereocenters. The van der Waals surface area contributed by atoms with Gasteiger partial charge in [0.15, 0.2) is 0 Å². The zero-order chi connectivity index (χ0) is 17.6. The number of aryl methyl sites for hydroxylation is 2. The number of hydrogen-bond donors (Lipinski definition) is 1. The second-order valence-electron chi connectivity index (χ2n) is 5.87. The van der Waals surface area contributed by atoms with E-state index in [1.807, 2.05) is 45.0 Å². The summed E-state index contributed by atoms with van der Waals surface area (Å²) in [5, 5.41) is 5.58. The number of nitrogens with one attached hydrogen (secondary N) is 1. The van der Waals surface area contributed by atoms with Crippen LogP contribution in [0.25, 0.3) is 16.7 Å². The van der Waals surface area contributed by atoms with Gasteiger partial charge in [0.05, 0.1) is 16.2 Å². The highest BCUT2D eigenvalue weighted by Gasteiger charge is 2.16. The van der Waals surface area contributed by atoms with E-state index in [4.69, 9.17) is 0 Å². The third-order valence-corrected chi connectivity index (χ3v) is 4.86. The van der Waals surface area contributed by atoms with Crippen molar-refractivity contribution in [1.82, 2.24) is 29.5 Å². The van der Waals surface area contributed by atoms with Crippen molar-refractivity contribution in [2.45, 2.75) is 31.2 Å².